The molecule has 6 heteroatoms. The number of nitrogens with zero attached hydrogens (tertiary/aromatic N) is 1. The van der Waals surface area contributed by atoms with Crippen LogP contribution in [-0.4, -0.2) is 28.6 Å². The van der Waals surface area contributed by atoms with Crippen LogP contribution in [0.4, 0.5) is 0 Å². The Balaban J connectivity index is 3.00. The van der Waals surface area contributed by atoms with E-state index in [-0.39, 0.29) is 24.3 Å². The minimum Gasteiger partial charge on any atom is -0.478 e. The molecule has 0 bridgehead atoms. The van der Waals surface area contributed by atoms with Crippen LogP contribution in [-0.2, 0) is 16.0 Å². The molecule has 0 aliphatic carbocycles. The molecule has 0 saturated heterocycles. The lowest BCUT2D eigenvalue weighted by Gasteiger charge is -2.06. The van der Waals surface area contributed by atoms with E-state index in [1.807, 2.05) is 0 Å². The third-order valence-corrected chi connectivity index (χ3v) is 2.47. The number of carboxylic acids is 1. The Hall–Kier alpha value is -1.43. The number of hydrogen-bond acceptors (Lipinski definition) is 4. The molecule has 5 nitrogen and oxygen atoms in total. The molecule has 0 aromatic carbocycles. The predicted molar refractivity (Wildman–Crippen MR) is 59.2 cm³/mol. The van der Waals surface area contributed by atoms with Crippen LogP contribution in [0.2, 0.25) is 0 Å². The van der Waals surface area contributed by atoms with Crippen LogP contribution < -0.4 is 0 Å². The zero-order valence-electron chi connectivity index (χ0n) is 8.57. The topological polar surface area (TPSA) is 76.5 Å². The standard InChI is InChI=1S/C10H10BrNO4/c1-2-16-8(13)5-7-9(10(14)15)6(11)3-4-12-7/h3-4H,2,5H2,1H3,(H,14,15). The maximum absolute atomic E-state index is 11.2. The van der Waals surface area contributed by atoms with Crippen LogP contribution >= 0.6 is 15.9 Å². The predicted octanol–water partition coefficient (Wildman–Crippen LogP) is 1.65. The van der Waals surface area contributed by atoms with Crippen LogP contribution in [0.15, 0.2) is 16.7 Å². The molecule has 1 N–H and O–H groups in total. The summed E-state index contributed by atoms with van der Waals surface area (Å²) < 4.78 is 5.13. The molecule has 1 aromatic heterocycles. The monoisotopic (exact) mass is 287 g/mol. The molecule has 1 aromatic rings. The van der Waals surface area contributed by atoms with Crippen LogP contribution in [0.5, 0.6) is 0 Å². The second-order valence-corrected chi connectivity index (χ2v) is 3.76. The lowest BCUT2D eigenvalue weighted by Crippen LogP contribution is -2.13. The van der Waals surface area contributed by atoms with Gasteiger partial charge < -0.3 is 9.84 Å². The molecule has 0 atom stereocenters. The minimum atomic E-state index is -1.13. The quantitative estimate of drug-likeness (QED) is 0.852. The van der Waals surface area contributed by atoms with Crippen molar-refractivity contribution in [1.82, 2.24) is 4.98 Å². The van der Waals surface area contributed by atoms with E-state index >= 15 is 0 Å². The van der Waals surface area contributed by atoms with Crippen molar-refractivity contribution in [2.24, 2.45) is 0 Å². The Morgan fingerprint density at radius 2 is 2.25 bits per heavy atom. The number of aromatic carboxylic acids is 1. The van der Waals surface area contributed by atoms with Gasteiger partial charge in [0.2, 0.25) is 0 Å². The summed E-state index contributed by atoms with van der Waals surface area (Å²) in [6, 6.07) is 1.51. The van der Waals surface area contributed by atoms with E-state index in [0.717, 1.165) is 0 Å². The Kier molecular flexibility index (Phi) is 4.42. The van der Waals surface area contributed by atoms with Gasteiger partial charge in [0.15, 0.2) is 0 Å². The number of carbonyl (C=O) groups excluding carboxylic acids is 1. The summed E-state index contributed by atoms with van der Waals surface area (Å²) in [5.74, 6) is -1.62. The molecule has 0 fully saturated rings. The van der Waals surface area contributed by atoms with Gasteiger partial charge in [-0.2, -0.15) is 0 Å². The first kappa shape index (κ1) is 12.6. The molecule has 16 heavy (non-hydrogen) atoms. The van der Waals surface area contributed by atoms with Gasteiger partial charge in [0, 0.05) is 10.7 Å². The fourth-order valence-electron chi connectivity index (χ4n) is 1.19. The van der Waals surface area contributed by atoms with Gasteiger partial charge in [-0.05, 0) is 28.9 Å². The van der Waals surface area contributed by atoms with Crippen LogP contribution in [0.25, 0.3) is 0 Å². The first-order valence-corrected chi connectivity index (χ1v) is 5.37. The Bertz CT molecular complexity index is 419. The van der Waals surface area contributed by atoms with Gasteiger partial charge in [-0.25, -0.2) is 4.79 Å². The van der Waals surface area contributed by atoms with Crippen LogP contribution in [0.1, 0.15) is 23.0 Å². The van der Waals surface area contributed by atoms with Gasteiger partial charge in [-0.1, -0.05) is 0 Å². The maximum Gasteiger partial charge on any atom is 0.338 e. The van der Waals surface area contributed by atoms with E-state index in [0.29, 0.717) is 4.47 Å². The van der Waals surface area contributed by atoms with Gasteiger partial charge in [-0.15, -0.1) is 0 Å². The third kappa shape index (κ3) is 3.03. The van der Waals surface area contributed by atoms with E-state index in [4.69, 9.17) is 9.84 Å². The molecule has 0 saturated carbocycles. The number of carbonyl (C=O) groups is 2. The van der Waals surface area contributed by atoms with Crippen molar-refractivity contribution in [3.63, 3.8) is 0 Å². The normalized spacial score (nSPS) is 9.88. The minimum absolute atomic E-state index is 0.00412. The van der Waals surface area contributed by atoms with Crippen molar-refractivity contribution >= 4 is 27.9 Å². The van der Waals surface area contributed by atoms with Crippen LogP contribution in [0.3, 0.4) is 0 Å². The van der Waals surface area contributed by atoms with E-state index in [1.165, 1.54) is 12.3 Å². The molecule has 0 aliphatic heterocycles. The Morgan fingerprint density at radius 1 is 1.56 bits per heavy atom. The molecular weight excluding hydrogens is 278 g/mol. The second-order valence-electron chi connectivity index (χ2n) is 2.90. The highest BCUT2D eigenvalue weighted by Gasteiger charge is 2.18. The molecular formula is C10H10BrNO4. The first-order valence-electron chi connectivity index (χ1n) is 4.58. The number of pyridine rings is 1. The van der Waals surface area contributed by atoms with E-state index in [1.54, 1.807) is 6.92 Å². The van der Waals surface area contributed by atoms with Crippen molar-refractivity contribution in [2.45, 2.75) is 13.3 Å². The highest BCUT2D eigenvalue weighted by molar-refractivity contribution is 9.10. The third-order valence-electron chi connectivity index (χ3n) is 1.81. The first-order chi connectivity index (χ1) is 7.56. The van der Waals surface area contributed by atoms with E-state index < -0.39 is 11.9 Å². The van der Waals surface area contributed by atoms with Gasteiger partial charge in [0.1, 0.15) is 0 Å². The maximum atomic E-state index is 11.2. The number of esters is 1. The number of aromatic nitrogens is 1. The summed E-state index contributed by atoms with van der Waals surface area (Å²) >= 11 is 3.10. The number of halogens is 1. The fourth-order valence-corrected chi connectivity index (χ4v) is 1.70. The summed E-state index contributed by atoms with van der Waals surface area (Å²) in [6.07, 6.45) is 1.29. The largest absolute Gasteiger partial charge is 0.478 e. The average molecular weight is 288 g/mol. The molecule has 0 radical (unpaired) electrons. The zero-order valence-corrected chi connectivity index (χ0v) is 10.2. The van der Waals surface area contributed by atoms with Gasteiger partial charge in [-0.3, -0.25) is 9.78 Å². The Labute approximate surface area is 101 Å². The summed E-state index contributed by atoms with van der Waals surface area (Å²) in [4.78, 5) is 26.1. The average Bonchev–Trinajstić information content (AvgIpc) is 2.17. The van der Waals surface area contributed by atoms with Crippen molar-refractivity contribution < 1.29 is 19.4 Å². The highest BCUT2D eigenvalue weighted by Crippen LogP contribution is 2.19. The van der Waals surface area contributed by atoms with Gasteiger partial charge >= 0.3 is 11.9 Å². The second kappa shape index (κ2) is 5.60. The molecule has 1 rings (SSSR count). The molecule has 0 unspecified atom stereocenters. The number of hydrogen-bond donors (Lipinski definition) is 1. The molecule has 1 heterocycles. The van der Waals surface area contributed by atoms with Crippen molar-refractivity contribution in [1.29, 1.82) is 0 Å². The van der Waals surface area contributed by atoms with E-state index in [9.17, 15) is 9.59 Å². The Morgan fingerprint density at radius 3 is 2.81 bits per heavy atom. The summed E-state index contributed by atoms with van der Waals surface area (Å²) in [5, 5.41) is 8.97. The lowest BCUT2D eigenvalue weighted by atomic mass is 10.1. The van der Waals surface area contributed by atoms with Crippen molar-refractivity contribution in [3.05, 3.63) is 28.0 Å². The smallest absolute Gasteiger partial charge is 0.338 e. The van der Waals surface area contributed by atoms with Gasteiger partial charge in [0.25, 0.3) is 0 Å². The highest BCUT2D eigenvalue weighted by atomic mass is 79.9. The molecule has 0 aliphatic rings. The molecule has 0 amide bonds. The van der Waals surface area contributed by atoms with Gasteiger partial charge in [0.05, 0.1) is 24.3 Å². The number of rotatable bonds is 4. The molecule has 86 valence electrons. The summed E-state index contributed by atoms with van der Waals surface area (Å²) in [6.45, 7) is 1.94. The fraction of sp³-hybridized carbons (Fsp3) is 0.300. The van der Waals surface area contributed by atoms with Crippen molar-refractivity contribution in [2.75, 3.05) is 6.61 Å². The number of carboxylic acid groups (broad SMARTS) is 1. The zero-order chi connectivity index (χ0) is 12.1. The summed E-state index contributed by atoms with van der Waals surface area (Å²) in [5.41, 5.74) is 0.191. The van der Waals surface area contributed by atoms with E-state index in [2.05, 4.69) is 20.9 Å². The number of ether oxygens (including phenoxy) is 1. The van der Waals surface area contributed by atoms with Crippen LogP contribution in [0, 0.1) is 0 Å². The lowest BCUT2D eigenvalue weighted by molar-refractivity contribution is -0.142. The summed E-state index contributed by atoms with van der Waals surface area (Å²) in [7, 11) is 0. The van der Waals surface area contributed by atoms with Crippen molar-refractivity contribution in [3.8, 4) is 0 Å². The molecule has 0 spiro atoms. The SMILES string of the molecule is CCOC(=O)Cc1nccc(Br)c1C(=O)O.